The highest BCUT2D eigenvalue weighted by molar-refractivity contribution is 5.94. The van der Waals surface area contributed by atoms with E-state index in [4.69, 9.17) is 9.47 Å². The van der Waals surface area contributed by atoms with Crippen LogP contribution < -0.4 is 14.8 Å². The van der Waals surface area contributed by atoms with Crippen LogP contribution >= 0.6 is 0 Å². The lowest BCUT2D eigenvalue weighted by Crippen LogP contribution is -2.23. The second-order valence-corrected chi connectivity index (χ2v) is 3.32. The molecule has 0 bridgehead atoms. The number of fused-ring (bicyclic) bond motifs is 1. The van der Waals surface area contributed by atoms with Crippen molar-refractivity contribution in [1.82, 2.24) is 5.32 Å². The maximum absolute atomic E-state index is 11.6. The summed E-state index contributed by atoms with van der Waals surface area (Å²) in [5.74, 6) is 1.26. The van der Waals surface area contributed by atoms with Crippen LogP contribution in [0.15, 0.2) is 18.2 Å². The van der Waals surface area contributed by atoms with E-state index in [1.54, 1.807) is 18.2 Å². The van der Waals surface area contributed by atoms with Crippen LogP contribution in [0.25, 0.3) is 0 Å². The largest absolute Gasteiger partial charge is 0.454 e. The number of carbonyl (C=O) groups excluding carboxylic acids is 1. The first kappa shape index (κ1) is 9.83. The summed E-state index contributed by atoms with van der Waals surface area (Å²) in [4.78, 5) is 11.6. The van der Waals surface area contributed by atoms with Crippen LogP contribution in [0.4, 0.5) is 0 Å². The molecule has 0 fully saturated rings. The first-order chi connectivity index (χ1) is 7.31. The van der Waals surface area contributed by atoms with Gasteiger partial charge in [0.15, 0.2) is 11.5 Å². The molecule has 1 aliphatic heterocycles. The second kappa shape index (κ2) is 4.21. The van der Waals surface area contributed by atoms with Crippen LogP contribution in [0, 0.1) is 0 Å². The number of benzene rings is 1. The molecule has 0 aromatic heterocycles. The first-order valence-corrected chi connectivity index (χ1v) is 4.99. The molecule has 0 saturated heterocycles. The number of amides is 1. The summed E-state index contributed by atoms with van der Waals surface area (Å²) >= 11 is 0. The van der Waals surface area contributed by atoms with E-state index in [1.807, 2.05) is 6.92 Å². The average Bonchev–Trinajstić information content (AvgIpc) is 2.72. The van der Waals surface area contributed by atoms with E-state index in [-0.39, 0.29) is 12.7 Å². The van der Waals surface area contributed by atoms with Gasteiger partial charge in [-0.15, -0.1) is 0 Å². The molecule has 80 valence electrons. The number of carbonyl (C=O) groups is 1. The molecule has 1 aromatic carbocycles. The summed E-state index contributed by atoms with van der Waals surface area (Å²) in [7, 11) is 0. The molecule has 0 aliphatic carbocycles. The second-order valence-electron chi connectivity index (χ2n) is 3.32. The Labute approximate surface area is 88.2 Å². The van der Waals surface area contributed by atoms with E-state index in [0.29, 0.717) is 23.6 Å². The third kappa shape index (κ3) is 2.03. The summed E-state index contributed by atoms with van der Waals surface area (Å²) < 4.78 is 10.4. The third-order valence-corrected chi connectivity index (χ3v) is 2.17. The molecule has 15 heavy (non-hydrogen) atoms. The standard InChI is InChI=1S/C11H13NO3/c1-2-5-12-11(13)8-3-4-9-10(6-8)15-7-14-9/h3-4,6H,2,5,7H2,1H3,(H,12,13). The fraction of sp³-hybridized carbons (Fsp3) is 0.364. The topological polar surface area (TPSA) is 47.6 Å². The molecule has 2 rings (SSSR count). The number of hydrogen-bond donors (Lipinski definition) is 1. The molecule has 1 amide bonds. The fourth-order valence-corrected chi connectivity index (χ4v) is 1.38. The van der Waals surface area contributed by atoms with Crippen molar-refractivity contribution in [1.29, 1.82) is 0 Å². The molecule has 0 unspecified atom stereocenters. The Morgan fingerprint density at radius 2 is 2.20 bits per heavy atom. The van der Waals surface area contributed by atoms with Crippen molar-refractivity contribution in [3.8, 4) is 11.5 Å². The van der Waals surface area contributed by atoms with Gasteiger partial charge in [-0.05, 0) is 24.6 Å². The predicted octanol–water partition coefficient (Wildman–Crippen LogP) is 1.56. The number of rotatable bonds is 3. The van der Waals surface area contributed by atoms with Crippen molar-refractivity contribution in [3.05, 3.63) is 23.8 Å². The molecule has 0 atom stereocenters. The van der Waals surface area contributed by atoms with Crippen LogP contribution in [0.1, 0.15) is 23.7 Å². The zero-order valence-corrected chi connectivity index (χ0v) is 8.58. The SMILES string of the molecule is CCCNC(=O)c1ccc2c(c1)OCO2. The lowest BCUT2D eigenvalue weighted by Gasteiger charge is -2.04. The Morgan fingerprint density at radius 1 is 1.40 bits per heavy atom. The molecule has 1 aliphatic rings. The average molecular weight is 207 g/mol. The van der Waals surface area contributed by atoms with Gasteiger partial charge >= 0.3 is 0 Å². The Morgan fingerprint density at radius 3 is 3.00 bits per heavy atom. The van der Waals surface area contributed by atoms with Gasteiger partial charge in [0.2, 0.25) is 6.79 Å². The predicted molar refractivity (Wildman–Crippen MR) is 55.2 cm³/mol. The summed E-state index contributed by atoms with van der Waals surface area (Å²) in [5, 5.41) is 2.80. The van der Waals surface area contributed by atoms with Crippen LogP contribution in [-0.2, 0) is 0 Å². The first-order valence-electron chi connectivity index (χ1n) is 4.99. The highest BCUT2D eigenvalue weighted by Gasteiger charge is 2.15. The van der Waals surface area contributed by atoms with Crippen LogP contribution in [0.5, 0.6) is 11.5 Å². The summed E-state index contributed by atoms with van der Waals surface area (Å²) in [6.45, 7) is 2.93. The normalized spacial score (nSPS) is 12.6. The molecule has 1 heterocycles. The molecule has 1 N–H and O–H groups in total. The fourth-order valence-electron chi connectivity index (χ4n) is 1.38. The Hall–Kier alpha value is -1.71. The zero-order valence-electron chi connectivity index (χ0n) is 8.58. The van der Waals surface area contributed by atoms with Gasteiger partial charge in [-0.1, -0.05) is 6.92 Å². The van der Waals surface area contributed by atoms with Gasteiger partial charge < -0.3 is 14.8 Å². The van der Waals surface area contributed by atoms with Gasteiger partial charge in [0.25, 0.3) is 5.91 Å². The van der Waals surface area contributed by atoms with E-state index >= 15 is 0 Å². The third-order valence-electron chi connectivity index (χ3n) is 2.17. The number of hydrogen-bond acceptors (Lipinski definition) is 3. The molecule has 4 heteroatoms. The highest BCUT2D eigenvalue weighted by atomic mass is 16.7. The maximum atomic E-state index is 11.6. The van der Waals surface area contributed by atoms with E-state index in [0.717, 1.165) is 6.42 Å². The molecule has 4 nitrogen and oxygen atoms in total. The van der Waals surface area contributed by atoms with Gasteiger partial charge in [-0.25, -0.2) is 0 Å². The van der Waals surface area contributed by atoms with Crippen molar-refractivity contribution in [2.45, 2.75) is 13.3 Å². The Balaban J connectivity index is 2.12. The molecule has 1 aromatic rings. The minimum Gasteiger partial charge on any atom is -0.454 e. The van der Waals surface area contributed by atoms with Crippen molar-refractivity contribution >= 4 is 5.91 Å². The van der Waals surface area contributed by atoms with E-state index in [2.05, 4.69) is 5.32 Å². The number of nitrogens with one attached hydrogen (secondary N) is 1. The van der Waals surface area contributed by atoms with Gasteiger partial charge in [0.05, 0.1) is 0 Å². The molecule has 0 saturated carbocycles. The van der Waals surface area contributed by atoms with Crippen LogP contribution in [0.3, 0.4) is 0 Å². The van der Waals surface area contributed by atoms with Gasteiger partial charge in [0, 0.05) is 12.1 Å². The van der Waals surface area contributed by atoms with Gasteiger partial charge in [-0.3, -0.25) is 4.79 Å². The van der Waals surface area contributed by atoms with E-state index in [9.17, 15) is 4.79 Å². The summed E-state index contributed by atoms with van der Waals surface area (Å²) in [5.41, 5.74) is 0.604. The summed E-state index contributed by atoms with van der Waals surface area (Å²) in [6.07, 6.45) is 0.927. The monoisotopic (exact) mass is 207 g/mol. The highest BCUT2D eigenvalue weighted by Crippen LogP contribution is 2.32. The maximum Gasteiger partial charge on any atom is 0.251 e. The van der Waals surface area contributed by atoms with Crippen molar-refractivity contribution in [2.24, 2.45) is 0 Å². The Bertz CT molecular complexity index is 376. The van der Waals surface area contributed by atoms with E-state index in [1.165, 1.54) is 0 Å². The Kier molecular flexibility index (Phi) is 2.76. The lowest BCUT2D eigenvalue weighted by atomic mass is 10.2. The smallest absolute Gasteiger partial charge is 0.251 e. The van der Waals surface area contributed by atoms with Gasteiger partial charge in [0.1, 0.15) is 0 Å². The van der Waals surface area contributed by atoms with Gasteiger partial charge in [-0.2, -0.15) is 0 Å². The minimum atomic E-state index is -0.0739. The van der Waals surface area contributed by atoms with E-state index < -0.39 is 0 Å². The van der Waals surface area contributed by atoms with Crippen LogP contribution in [0.2, 0.25) is 0 Å². The summed E-state index contributed by atoms with van der Waals surface area (Å²) in [6, 6.07) is 5.19. The molecule has 0 spiro atoms. The van der Waals surface area contributed by atoms with Crippen molar-refractivity contribution in [3.63, 3.8) is 0 Å². The van der Waals surface area contributed by atoms with Crippen molar-refractivity contribution < 1.29 is 14.3 Å². The van der Waals surface area contributed by atoms with Crippen molar-refractivity contribution in [2.75, 3.05) is 13.3 Å². The molecular weight excluding hydrogens is 194 g/mol. The lowest BCUT2D eigenvalue weighted by molar-refractivity contribution is 0.0953. The number of ether oxygens (including phenoxy) is 2. The minimum absolute atomic E-state index is 0.0739. The quantitative estimate of drug-likeness (QED) is 0.818. The zero-order chi connectivity index (χ0) is 10.7. The molecule has 0 radical (unpaired) electrons. The molecular formula is C11H13NO3. The van der Waals surface area contributed by atoms with Crippen LogP contribution in [-0.4, -0.2) is 19.2 Å².